The van der Waals surface area contributed by atoms with E-state index in [1.807, 2.05) is 30.3 Å². The molecular weight excluding hydrogens is 208 g/mol. The van der Waals surface area contributed by atoms with E-state index in [0.717, 1.165) is 15.8 Å². The zero-order valence-corrected chi connectivity index (χ0v) is 9.49. The van der Waals surface area contributed by atoms with Gasteiger partial charge in [-0.3, -0.25) is 4.98 Å². The number of para-hydroxylation sites is 1. The summed E-state index contributed by atoms with van der Waals surface area (Å²) in [6, 6.07) is 9.58. The molecule has 15 heavy (non-hydrogen) atoms. The van der Waals surface area contributed by atoms with Crippen molar-refractivity contribution in [2.45, 2.75) is 4.90 Å². The van der Waals surface area contributed by atoms with Crippen molar-refractivity contribution >= 4 is 21.9 Å². The molecule has 0 spiro atoms. The number of pyridine rings is 1. The monoisotopic (exact) mass is 220 g/mol. The quantitative estimate of drug-likeness (QED) is 0.773. The Morgan fingerprint density at radius 1 is 1.20 bits per heavy atom. The first-order valence-electron chi connectivity index (χ1n) is 4.63. The molecule has 2 aromatic rings. The lowest BCUT2D eigenvalue weighted by atomic mass is 10.2. The van der Waals surface area contributed by atoms with Crippen molar-refractivity contribution in [3.8, 4) is 0 Å². The highest BCUT2D eigenvalue weighted by atomic mass is 32.2. The Kier molecular flexibility index (Phi) is 2.79. The largest absolute Gasteiger partial charge is 0.255 e. The van der Waals surface area contributed by atoms with Gasteiger partial charge >= 0.3 is 0 Å². The number of fused-ring (bicyclic) bond motifs is 1. The van der Waals surface area contributed by atoms with Gasteiger partial charge in [0.15, 0.2) is 0 Å². The molecule has 0 saturated heterocycles. The summed E-state index contributed by atoms with van der Waals surface area (Å²) in [4.78, 5) is 5.03. The predicted molar refractivity (Wildman–Crippen MR) is 61.8 cm³/mol. The molecule has 0 saturated carbocycles. The molecule has 1 heterocycles. The van der Waals surface area contributed by atoms with Gasteiger partial charge in [-0.2, -0.15) is 0 Å². The van der Waals surface area contributed by atoms with E-state index in [9.17, 15) is 4.21 Å². The zero-order valence-electron chi connectivity index (χ0n) is 8.68. The number of hydrogen-bond donors (Lipinski definition) is 0. The van der Waals surface area contributed by atoms with Crippen LogP contribution in [0.2, 0.25) is 0 Å². The second-order valence-electron chi connectivity index (χ2n) is 3.39. The van der Waals surface area contributed by atoms with Crippen LogP contribution >= 0.6 is 0 Å². The van der Waals surface area contributed by atoms with Crippen LogP contribution in [0.25, 0.3) is 10.9 Å². The van der Waals surface area contributed by atoms with Gasteiger partial charge in [0.25, 0.3) is 0 Å². The number of aromatic nitrogens is 1. The van der Waals surface area contributed by atoms with E-state index < -0.39 is 11.0 Å². The molecule has 2 rings (SSSR count). The molecule has 1 aromatic carbocycles. The Balaban J connectivity index is 2.66. The van der Waals surface area contributed by atoms with E-state index in [4.69, 9.17) is 0 Å². The van der Waals surface area contributed by atoms with Crippen molar-refractivity contribution in [1.82, 2.24) is 9.29 Å². The maximum absolute atomic E-state index is 12.0. The smallest absolute Gasteiger partial charge is 0.129 e. The maximum Gasteiger partial charge on any atom is 0.129 e. The van der Waals surface area contributed by atoms with Crippen molar-refractivity contribution in [2.75, 3.05) is 14.1 Å². The van der Waals surface area contributed by atoms with E-state index in [-0.39, 0.29) is 0 Å². The van der Waals surface area contributed by atoms with Crippen molar-refractivity contribution in [3.05, 3.63) is 36.5 Å². The summed E-state index contributed by atoms with van der Waals surface area (Å²) < 4.78 is 13.6. The third kappa shape index (κ3) is 1.91. The fourth-order valence-corrected chi connectivity index (χ4v) is 2.34. The van der Waals surface area contributed by atoms with Gasteiger partial charge in [0.2, 0.25) is 0 Å². The molecule has 0 aliphatic carbocycles. The highest BCUT2D eigenvalue weighted by Crippen LogP contribution is 2.19. The number of benzene rings is 1. The molecule has 0 aliphatic heterocycles. The lowest BCUT2D eigenvalue weighted by Gasteiger charge is -2.10. The Morgan fingerprint density at radius 3 is 2.67 bits per heavy atom. The van der Waals surface area contributed by atoms with Crippen LogP contribution in [0, 0.1) is 0 Å². The van der Waals surface area contributed by atoms with Crippen molar-refractivity contribution < 1.29 is 4.21 Å². The highest BCUT2D eigenvalue weighted by Gasteiger charge is 2.10. The number of rotatable bonds is 2. The summed E-state index contributed by atoms with van der Waals surface area (Å²) in [7, 11) is 2.44. The topological polar surface area (TPSA) is 33.2 Å². The van der Waals surface area contributed by atoms with Gasteiger partial charge in [0, 0.05) is 11.6 Å². The molecule has 1 aromatic heterocycles. The van der Waals surface area contributed by atoms with Crippen molar-refractivity contribution in [1.29, 1.82) is 0 Å². The normalized spacial score (nSPS) is 13.3. The zero-order chi connectivity index (χ0) is 10.8. The second kappa shape index (κ2) is 4.08. The Labute approximate surface area is 91.3 Å². The molecule has 0 N–H and O–H groups in total. The third-order valence-corrected chi connectivity index (χ3v) is 3.48. The van der Waals surface area contributed by atoms with Crippen molar-refractivity contribution in [2.24, 2.45) is 0 Å². The van der Waals surface area contributed by atoms with Gasteiger partial charge in [-0.05, 0) is 26.2 Å². The van der Waals surface area contributed by atoms with Gasteiger partial charge in [0.1, 0.15) is 11.0 Å². The van der Waals surface area contributed by atoms with Crippen LogP contribution in [0.4, 0.5) is 0 Å². The first-order valence-corrected chi connectivity index (χ1v) is 5.74. The van der Waals surface area contributed by atoms with Crippen LogP contribution in [0.3, 0.4) is 0 Å². The SMILES string of the molecule is CN(C)S(=O)c1cccc2cccnc12. The molecule has 3 nitrogen and oxygen atoms in total. The van der Waals surface area contributed by atoms with Gasteiger partial charge in [-0.25, -0.2) is 8.51 Å². The van der Waals surface area contributed by atoms with Crippen LogP contribution < -0.4 is 0 Å². The second-order valence-corrected chi connectivity index (χ2v) is 5.06. The predicted octanol–water partition coefficient (Wildman–Crippen LogP) is 1.82. The molecule has 78 valence electrons. The summed E-state index contributed by atoms with van der Waals surface area (Å²) in [5.74, 6) is 0. The van der Waals surface area contributed by atoms with Gasteiger partial charge in [0.05, 0.1) is 10.4 Å². The lowest BCUT2D eigenvalue weighted by Crippen LogP contribution is -2.15. The van der Waals surface area contributed by atoms with Crippen LogP contribution in [-0.2, 0) is 11.0 Å². The Bertz CT molecular complexity index is 505. The highest BCUT2D eigenvalue weighted by molar-refractivity contribution is 7.82. The molecule has 1 atom stereocenters. The maximum atomic E-state index is 12.0. The molecule has 0 amide bonds. The van der Waals surface area contributed by atoms with Gasteiger partial charge in [-0.15, -0.1) is 0 Å². The molecule has 0 bridgehead atoms. The summed E-state index contributed by atoms with van der Waals surface area (Å²) in [6.07, 6.45) is 1.72. The molecule has 1 unspecified atom stereocenters. The van der Waals surface area contributed by atoms with Gasteiger partial charge < -0.3 is 0 Å². The van der Waals surface area contributed by atoms with E-state index in [2.05, 4.69) is 4.98 Å². The van der Waals surface area contributed by atoms with E-state index in [0.29, 0.717) is 0 Å². The minimum absolute atomic E-state index is 0.762. The summed E-state index contributed by atoms with van der Waals surface area (Å²) >= 11 is 0. The fraction of sp³-hybridized carbons (Fsp3) is 0.182. The fourth-order valence-electron chi connectivity index (χ4n) is 1.41. The summed E-state index contributed by atoms with van der Waals surface area (Å²) in [6.45, 7) is 0. The van der Waals surface area contributed by atoms with Crippen molar-refractivity contribution in [3.63, 3.8) is 0 Å². The van der Waals surface area contributed by atoms with Crippen LogP contribution in [0.15, 0.2) is 41.4 Å². The van der Waals surface area contributed by atoms with Crippen LogP contribution in [0.1, 0.15) is 0 Å². The van der Waals surface area contributed by atoms with Crippen LogP contribution in [0.5, 0.6) is 0 Å². The first-order chi connectivity index (χ1) is 7.20. The molecule has 0 radical (unpaired) electrons. The number of nitrogens with zero attached hydrogens (tertiary/aromatic N) is 2. The average Bonchev–Trinajstić information content (AvgIpc) is 2.27. The van der Waals surface area contributed by atoms with E-state index in [1.165, 1.54) is 0 Å². The summed E-state index contributed by atoms with van der Waals surface area (Å²) in [5, 5.41) is 1.02. The number of hydrogen-bond acceptors (Lipinski definition) is 2. The molecular formula is C11H12N2OS. The van der Waals surface area contributed by atoms with E-state index in [1.54, 1.807) is 24.6 Å². The minimum Gasteiger partial charge on any atom is -0.255 e. The molecule has 4 heteroatoms. The summed E-state index contributed by atoms with van der Waals surface area (Å²) in [5.41, 5.74) is 0.812. The lowest BCUT2D eigenvalue weighted by molar-refractivity contribution is 0.603. The van der Waals surface area contributed by atoms with E-state index >= 15 is 0 Å². The van der Waals surface area contributed by atoms with Gasteiger partial charge in [-0.1, -0.05) is 18.2 Å². The molecule has 0 aliphatic rings. The average molecular weight is 220 g/mol. The third-order valence-electron chi connectivity index (χ3n) is 2.12. The molecule has 0 fully saturated rings. The standard InChI is InChI=1S/C11H12N2OS/c1-13(2)15(14)10-7-3-5-9-6-4-8-12-11(9)10/h3-8H,1-2H3. The Hall–Kier alpha value is -1.26. The van der Waals surface area contributed by atoms with Crippen LogP contribution in [-0.4, -0.2) is 27.6 Å². The first kappa shape index (κ1) is 10.3. The minimum atomic E-state index is -1.14. The Morgan fingerprint density at radius 2 is 1.93 bits per heavy atom.